The van der Waals surface area contributed by atoms with E-state index in [4.69, 9.17) is 9.47 Å². The molecule has 1 aromatic heterocycles. The summed E-state index contributed by atoms with van der Waals surface area (Å²) in [6.45, 7) is 7.93. The maximum atomic E-state index is 5.76. The number of guanidine groups is 1. The fraction of sp³-hybridized carbons (Fsp3) is 0.765. The highest BCUT2D eigenvalue weighted by Gasteiger charge is 2.13. The van der Waals surface area contributed by atoms with Crippen LogP contribution in [0.25, 0.3) is 0 Å². The maximum Gasteiger partial charge on any atom is 0.191 e. The van der Waals surface area contributed by atoms with Crippen LogP contribution in [0.4, 0.5) is 0 Å². The van der Waals surface area contributed by atoms with Crippen LogP contribution in [-0.4, -0.2) is 62.3 Å². The molecule has 1 aliphatic rings. The maximum absolute atomic E-state index is 5.76. The largest absolute Gasteiger partial charge is 0.381 e. The second kappa shape index (κ2) is 11.0. The van der Waals surface area contributed by atoms with Crippen LogP contribution in [0.3, 0.4) is 0 Å². The van der Waals surface area contributed by atoms with Gasteiger partial charge in [0.2, 0.25) is 0 Å². The Morgan fingerprint density at radius 1 is 1.38 bits per heavy atom. The molecule has 0 saturated carbocycles. The van der Waals surface area contributed by atoms with Gasteiger partial charge < -0.3 is 20.1 Å². The zero-order chi connectivity index (χ0) is 17.0. The quantitative estimate of drug-likeness (QED) is 0.402. The Hall–Kier alpha value is -1.60. The second-order valence-electron chi connectivity index (χ2n) is 6.19. The zero-order valence-corrected chi connectivity index (χ0v) is 15.0. The van der Waals surface area contributed by atoms with E-state index in [0.717, 1.165) is 71.3 Å². The molecular weight excluding hydrogens is 306 g/mol. The highest BCUT2D eigenvalue weighted by Crippen LogP contribution is 2.14. The normalized spacial score (nSPS) is 16.3. The van der Waals surface area contributed by atoms with Crippen molar-refractivity contribution in [2.45, 2.75) is 32.7 Å². The molecule has 0 atom stereocenters. The van der Waals surface area contributed by atoms with Gasteiger partial charge in [-0.3, -0.25) is 9.67 Å². The lowest BCUT2D eigenvalue weighted by Gasteiger charge is -2.21. The Bertz CT molecular complexity index is 483. The van der Waals surface area contributed by atoms with Crippen LogP contribution in [0.15, 0.2) is 17.4 Å². The molecule has 2 N–H and O–H groups in total. The van der Waals surface area contributed by atoms with Crippen LogP contribution in [-0.2, 0) is 16.0 Å². The molecule has 0 bridgehead atoms. The van der Waals surface area contributed by atoms with Crippen LogP contribution in [0, 0.1) is 12.8 Å². The molecule has 0 radical (unpaired) electrons. The fourth-order valence-electron chi connectivity index (χ4n) is 2.64. The average molecular weight is 337 g/mol. The van der Waals surface area contributed by atoms with Crippen molar-refractivity contribution in [1.82, 2.24) is 20.4 Å². The number of hydrogen-bond donors (Lipinski definition) is 2. The molecule has 2 heterocycles. The summed E-state index contributed by atoms with van der Waals surface area (Å²) in [5.41, 5.74) is 1.18. The van der Waals surface area contributed by atoms with E-state index in [9.17, 15) is 0 Å². The minimum absolute atomic E-state index is 0.673. The molecule has 7 heteroatoms. The Labute approximate surface area is 144 Å². The Balaban J connectivity index is 1.47. The lowest BCUT2D eigenvalue weighted by molar-refractivity contribution is 0.0203. The van der Waals surface area contributed by atoms with E-state index in [-0.39, 0.29) is 0 Å². The summed E-state index contributed by atoms with van der Waals surface area (Å²) in [7, 11) is 1.79. The standard InChI is InChI=1S/C17H31N5O2/c1-15-12-21-22(13-15)8-7-20-17(18-2)19-6-3-9-24-14-16-4-10-23-11-5-16/h12-13,16H,3-11,14H2,1-2H3,(H2,18,19,20). The van der Waals surface area contributed by atoms with Crippen molar-refractivity contribution in [3.8, 4) is 0 Å². The number of ether oxygens (including phenoxy) is 2. The van der Waals surface area contributed by atoms with Crippen molar-refractivity contribution in [2.75, 3.05) is 46.6 Å². The minimum atomic E-state index is 0.673. The third-order valence-electron chi connectivity index (χ3n) is 4.07. The molecular formula is C17H31N5O2. The summed E-state index contributed by atoms with van der Waals surface area (Å²) in [4.78, 5) is 4.23. The van der Waals surface area contributed by atoms with E-state index in [2.05, 4.69) is 20.7 Å². The van der Waals surface area contributed by atoms with Gasteiger partial charge in [-0.05, 0) is 37.7 Å². The summed E-state index contributed by atoms with van der Waals surface area (Å²) >= 11 is 0. The van der Waals surface area contributed by atoms with Gasteiger partial charge in [-0.2, -0.15) is 5.10 Å². The smallest absolute Gasteiger partial charge is 0.191 e. The lowest BCUT2D eigenvalue weighted by Crippen LogP contribution is -2.39. The third-order valence-corrected chi connectivity index (χ3v) is 4.07. The number of nitrogens with one attached hydrogen (secondary N) is 2. The van der Waals surface area contributed by atoms with Crippen molar-refractivity contribution in [1.29, 1.82) is 0 Å². The van der Waals surface area contributed by atoms with Gasteiger partial charge in [-0.1, -0.05) is 0 Å². The first kappa shape index (κ1) is 18.7. The highest BCUT2D eigenvalue weighted by atomic mass is 16.5. The monoisotopic (exact) mass is 337 g/mol. The summed E-state index contributed by atoms with van der Waals surface area (Å²) in [5, 5.41) is 10.9. The van der Waals surface area contributed by atoms with E-state index in [0.29, 0.717) is 5.92 Å². The third kappa shape index (κ3) is 7.31. The van der Waals surface area contributed by atoms with Gasteiger partial charge in [0.25, 0.3) is 0 Å². The molecule has 1 aromatic rings. The number of nitrogens with zero attached hydrogens (tertiary/aromatic N) is 3. The molecule has 1 saturated heterocycles. The van der Waals surface area contributed by atoms with Crippen molar-refractivity contribution >= 4 is 5.96 Å². The molecule has 136 valence electrons. The van der Waals surface area contributed by atoms with Gasteiger partial charge >= 0.3 is 0 Å². The summed E-state index contributed by atoms with van der Waals surface area (Å²) in [6, 6.07) is 0. The summed E-state index contributed by atoms with van der Waals surface area (Å²) in [6.07, 6.45) is 7.14. The molecule has 7 nitrogen and oxygen atoms in total. The van der Waals surface area contributed by atoms with Crippen LogP contribution < -0.4 is 10.6 Å². The van der Waals surface area contributed by atoms with Gasteiger partial charge in [0, 0.05) is 52.8 Å². The van der Waals surface area contributed by atoms with Crippen LogP contribution in [0.5, 0.6) is 0 Å². The highest BCUT2D eigenvalue weighted by molar-refractivity contribution is 5.79. The van der Waals surface area contributed by atoms with Crippen molar-refractivity contribution in [3.05, 3.63) is 18.0 Å². The molecule has 0 amide bonds. The Morgan fingerprint density at radius 2 is 2.17 bits per heavy atom. The first-order valence-corrected chi connectivity index (χ1v) is 8.87. The molecule has 2 rings (SSSR count). The van der Waals surface area contributed by atoms with Crippen molar-refractivity contribution < 1.29 is 9.47 Å². The first-order valence-electron chi connectivity index (χ1n) is 8.87. The number of hydrogen-bond acceptors (Lipinski definition) is 4. The number of aromatic nitrogens is 2. The molecule has 0 unspecified atom stereocenters. The number of aryl methyl sites for hydroxylation is 1. The zero-order valence-electron chi connectivity index (χ0n) is 15.0. The molecule has 0 spiro atoms. The van der Waals surface area contributed by atoms with E-state index in [1.165, 1.54) is 5.56 Å². The molecule has 24 heavy (non-hydrogen) atoms. The lowest BCUT2D eigenvalue weighted by atomic mass is 10.0. The number of rotatable bonds is 9. The van der Waals surface area contributed by atoms with E-state index in [1.807, 2.05) is 24.0 Å². The topological polar surface area (TPSA) is 72.7 Å². The molecule has 1 aliphatic heterocycles. The average Bonchev–Trinajstić information content (AvgIpc) is 3.02. The van der Waals surface area contributed by atoms with Gasteiger partial charge in [0.1, 0.15) is 0 Å². The van der Waals surface area contributed by atoms with E-state index >= 15 is 0 Å². The van der Waals surface area contributed by atoms with E-state index in [1.54, 1.807) is 7.05 Å². The molecule has 0 aromatic carbocycles. The predicted octanol–water partition coefficient (Wildman–Crippen LogP) is 1.19. The first-order chi connectivity index (χ1) is 11.8. The molecule has 0 aliphatic carbocycles. The summed E-state index contributed by atoms with van der Waals surface area (Å²) < 4.78 is 13.0. The van der Waals surface area contributed by atoms with Crippen molar-refractivity contribution in [3.63, 3.8) is 0 Å². The van der Waals surface area contributed by atoms with E-state index < -0.39 is 0 Å². The molecule has 1 fully saturated rings. The number of aliphatic imine (C=N–C) groups is 1. The summed E-state index contributed by atoms with van der Waals surface area (Å²) in [5.74, 6) is 1.50. The Kier molecular flexibility index (Phi) is 8.62. The van der Waals surface area contributed by atoms with Crippen molar-refractivity contribution in [2.24, 2.45) is 10.9 Å². The van der Waals surface area contributed by atoms with Crippen LogP contribution in [0.1, 0.15) is 24.8 Å². The van der Waals surface area contributed by atoms with Gasteiger partial charge in [0.15, 0.2) is 5.96 Å². The fourth-order valence-corrected chi connectivity index (χ4v) is 2.64. The van der Waals surface area contributed by atoms with Crippen LogP contribution in [0.2, 0.25) is 0 Å². The Morgan fingerprint density at radius 3 is 2.88 bits per heavy atom. The van der Waals surface area contributed by atoms with Gasteiger partial charge in [0.05, 0.1) is 12.7 Å². The SMILES string of the molecule is CN=C(NCCCOCC1CCOCC1)NCCn1cc(C)cn1. The second-order valence-corrected chi connectivity index (χ2v) is 6.19. The van der Waals surface area contributed by atoms with Gasteiger partial charge in [-0.15, -0.1) is 0 Å². The van der Waals surface area contributed by atoms with Gasteiger partial charge in [-0.25, -0.2) is 0 Å². The minimum Gasteiger partial charge on any atom is -0.381 e. The van der Waals surface area contributed by atoms with Crippen LogP contribution >= 0.6 is 0 Å². The predicted molar refractivity (Wildman–Crippen MR) is 95.3 cm³/mol.